The molecule has 0 aliphatic carbocycles. The number of nitrogens with zero attached hydrogens (tertiary/aromatic N) is 2. The van der Waals surface area contributed by atoms with Crippen LogP contribution in [0.3, 0.4) is 0 Å². The van der Waals surface area contributed by atoms with Crippen molar-refractivity contribution in [1.29, 1.82) is 0 Å². The fourth-order valence-electron chi connectivity index (χ4n) is 3.81. The smallest absolute Gasteiger partial charge is 0.407 e. The first kappa shape index (κ1) is 24.6. The van der Waals surface area contributed by atoms with Crippen molar-refractivity contribution in [2.75, 3.05) is 18.4 Å². The summed E-state index contributed by atoms with van der Waals surface area (Å²) in [5, 5.41) is 7.34. The number of piperidine rings is 1. The van der Waals surface area contributed by atoms with Crippen molar-refractivity contribution in [3.63, 3.8) is 0 Å². The number of carbonyl (C=O) groups is 2. The third kappa shape index (κ3) is 5.77. The number of pyridine rings is 1. The van der Waals surface area contributed by atoms with Crippen LogP contribution in [-0.4, -0.2) is 46.6 Å². The van der Waals surface area contributed by atoms with Gasteiger partial charge in [-0.25, -0.2) is 9.18 Å². The predicted molar refractivity (Wildman–Crippen MR) is 140 cm³/mol. The Morgan fingerprint density at radius 3 is 2.65 bits per heavy atom. The van der Waals surface area contributed by atoms with Crippen LogP contribution in [0.5, 0.6) is 0 Å². The Labute approximate surface area is 215 Å². The van der Waals surface area contributed by atoms with Gasteiger partial charge in [0.2, 0.25) is 0 Å². The van der Waals surface area contributed by atoms with Gasteiger partial charge in [0.05, 0.1) is 11.3 Å². The summed E-state index contributed by atoms with van der Waals surface area (Å²) < 4.78 is 21.5. The molecule has 3 aromatic rings. The Kier molecular flexibility index (Phi) is 7.27. The van der Waals surface area contributed by atoms with Crippen molar-refractivity contribution >= 4 is 66.7 Å². The topological polar surface area (TPSA) is 83.6 Å². The van der Waals surface area contributed by atoms with E-state index in [-0.39, 0.29) is 17.8 Å². The quantitative estimate of drug-likeness (QED) is 0.366. The summed E-state index contributed by atoms with van der Waals surface area (Å²) in [5.74, 6) is -0.515. The first-order valence-corrected chi connectivity index (χ1v) is 12.9. The average molecular weight is 596 g/mol. The number of alkyl carbamates (subject to hydrolysis) is 1. The van der Waals surface area contributed by atoms with Crippen LogP contribution in [0.2, 0.25) is 0 Å². The van der Waals surface area contributed by atoms with Crippen molar-refractivity contribution in [3.8, 4) is 0 Å². The number of carbonyl (C=O) groups excluding carboxylic acids is 2. The van der Waals surface area contributed by atoms with Crippen LogP contribution in [0, 0.1) is 9.39 Å². The fraction of sp³-hybridized carbons (Fsp3) is 0.375. The van der Waals surface area contributed by atoms with E-state index in [2.05, 4.69) is 38.2 Å². The number of anilines is 2. The van der Waals surface area contributed by atoms with Gasteiger partial charge in [-0.1, -0.05) is 0 Å². The van der Waals surface area contributed by atoms with Gasteiger partial charge in [-0.15, -0.1) is 11.3 Å². The van der Waals surface area contributed by atoms with Crippen LogP contribution in [0.1, 0.15) is 44.0 Å². The van der Waals surface area contributed by atoms with Crippen LogP contribution in [-0.2, 0) is 4.74 Å². The van der Waals surface area contributed by atoms with Crippen LogP contribution in [0.25, 0.3) is 10.1 Å². The highest BCUT2D eigenvalue weighted by molar-refractivity contribution is 14.1. The molecule has 0 unspecified atom stereocenters. The van der Waals surface area contributed by atoms with Gasteiger partial charge in [0.1, 0.15) is 16.4 Å². The Morgan fingerprint density at radius 2 is 1.97 bits per heavy atom. The lowest BCUT2D eigenvalue weighted by molar-refractivity contribution is 0.0474. The van der Waals surface area contributed by atoms with E-state index in [0.717, 1.165) is 13.7 Å². The number of benzene rings is 1. The molecule has 0 spiro atoms. The average Bonchev–Trinajstić information content (AvgIpc) is 3.12. The maximum Gasteiger partial charge on any atom is 0.407 e. The second kappa shape index (κ2) is 10.0. The van der Waals surface area contributed by atoms with Gasteiger partial charge in [0.15, 0.2) is 0 Å². The van der Waals surface area contributed by atoms with Crippen LogP contribution in [0.4, 0.5) is 19.9 Å². The van der Waals surface area contributed by atoms with E-state index in [1.165, 1.54) is 17.4 Å². The zero-order chi connectivity index (χ0) is 24.5. The van der Waals surface area contributed by atoms with E-state index >= 15 is 0 Å². The molecule has 0 radical (unpaired) electrons. The molecular weight excluding hydrogens is 570 g/mol. The van der Waals surface area contributed by atoms with Crippen molar-refractivity contribution in [2.45, 2.75) is 45.3 Å². The minimum absolute atomic E-state index is 0.0572. The monoisotopic (exact) mass is 596 g/mol. The lowest BCUT2D eigenvalue weighted by Gasteiger charge is -2.33. The van der Waals surface area contributed by atoms with Gasteiger partial charge in [-0.05, 0) is 80.5 Å². The first-order valence-electron chi connectivity index (χ1n) is 11.0. The van der Waals surface area contributed by atoms with Gasteiger partial charge in [0, 0.05) is 45.2 Å². The number of aromatic nitrogens is 1. The second-order valence-corrected chi connectivity index (χ2v) is 11.4. The summed E-state index contributed by atoms with van der Waals surface area (Å²) in [4.78, 5) is 31.7. The molecule has 0 atom stereocenters. The molecule has 1 fully saturated rings. The maximum atomic E-state index is 14.5. The van der Waals surface area contributed by atoms with E-state index < -0.39 is 11.7 Å². The lowest BCUT2D eigenvalue weighted by Crippen LogP contribution is -2.47. The summed E-state index contributed by atoms with van der Waals surface area (Å²) in [6, 6.07) is 6.72. The van der Waals surface area contributed by atoms with Crippen molar-refractivity contribution in [2.24, 2.45) is 0 Å². The maximum absolute atomic E-state index is 14.5. The molecule has 1 aliphatic heterocycles. The van der Waals surface area contributed by atoms with E-state index in [1.54, 1.807) is 23.4 Å². The number of hydrogen-bond acceptors (Lipinski definition) is 6. The zero-order valence-corrected chi connectivity index (χ0v) is 22.1. The second-order valence-electron chi connectivity index (χ2n) is 9.14. The molecule has 2 aromatic heterocycles. The summed E-state index contributed by atoms with van der Waals surface area (Å²) in [6.45, 7) is 6.45. The number of fused-ring (bicyclic) bond motifs is 1. The van der Waals surface area contributed by atoms with Gasteiger partial charge < -0.3 is 20.3 Å². The number of likely N-dealkylation sites (tertiary alicyclic amines) is 1. The standard InChI is InChI=1S/C24H26FIN4O3S/c1-24(2,3)33-23(32)28-15-7-10-30(11-8-15)22(31)20-16-13-27-9-6-19(16)34-21(20)29-18-5-4-14(26)12-17(18)25/h4-6,9,12-13,15,29H,7-8,10-11H2,1-3H3,(H,28,32). The third-order valence-electron chi connectivity index (χ3n) is 5.39. The molecule has 1 aromatic carbocycles. The number of halogens is 2. The molecule has 0 saturated carbocycles. The number of hydrogen-bond donors (Lipinski definition) is 2. The molecule has 1 aliphatic rings. The Hall–Kier alpha value is -2.47. The molecule has 2 N–H and O–H groups in total. The van der Waals surface area contributed by atoms with Crippen LogP contribution < -0.4 is 10.6 Å². The minimum atomic E-state index is -0.561. The summed E-state index contributed by atoms with van der Waals surface area (Å²) in [6.07, 6.45) is 4.15. The number of thiophene rings is 1. The molecule has 7 nitrogen and oxygen atoms in total. The van der Waals surface area contributed by atoms with Crippen molar-refractivity contribution in [1.82, 2.24) is 15.2 Å². The summed E-state index contributed by atoms with van der Waals surface area (Å²) in [5.41, 5.74) is 0.244. The number of nitrogens with one attached hydrogen (secondary N) is 2. The molecule has 180 valence electrons. The van der Waals surface area contributed by atoms with Crippen LogP contribution in [0.15, 0.2) is 36.7 Å². The van der Waals surface area contributed by atoms with Crippen molar-refractivity contribution in [3.05, 3.63) is 51.6 Å². The largest absolute Gasteiger partial charge is 0.444 e. The molecule has 34 heavy (non-hydrogen) atoms. The van der Waals surface area contributed by atoms with Gasteiger partial charge in [0.25, 0.3) is 5.91 Å². The van der Waals surface area contributed by atoms with Crippen molar-refractivity contribution < 1.29 is 18.7 Å². The Balaban J connectivity index is 1.51. The number of amides is 2. The molecule has 2 amide bonds. The molecule has 10 heteroatoms. The van der Waals surface area contributed by atoms with E-state index in [4.69, 9.17) is 4.74 Å². The highest BCUT2D eigenvalue weighted by Gasteiger charge is 2.29. The zero-order valence-electron chi connectivity index (χ0n) is 19.2. The third-order valence-corrected chi connectivity index (χ3v) is 7.14. The summed E-state index contributed by atoms with van der Waals surface area (Å²) in [7, 11) is 0. The highest BCUT2D eigenvalue weighted by Crippen LogP contribution is 2.38. The lowest BCUT2D eigenvalue weighted by atomic mass is 10.0. The molecule has 4 rings (SSSR count). The number of ether oxygens (including phenoxy) is 1. The van der Waals surface area contributed by atoms with E-state index in [1.807, 2.05) is 32.9 Å². The first-order chi connectivity index (χ1) is 16.1. The van der Waals surface area contributed by atoms with Gasteiger partial charge >= 0.3 is 6.09 Å². The predicted octanol–water partition coefficient (Wildman–Crippen LogP) is 5.91. The van der Waals surface area contributed by atoms with E-state index in [9.17, 15) is 14.0 Å². The SMILES string of the molecule is CC(C)(C)OC(=O)NC1CCN(C(=O)c2c(Nc3ccc(I)cc3F)sc3ccncc23)CC1. The molecule has 0 bridgehead atoms. The molecule has 3 heterocycles. The molecular formula is C24H26FIN4O3S. The minimum Gasteiger partial charge on any atom is -0.444 e. The molecule has 1 saturated heterocycles. The normalized spacial score (nSPS) is 14.8. The van der Waals surface area contributed by atoms with E-state index in [0.29, 0.717) is 42.2 Å². The number of rotatable bonds is 4. The fourth-order valence-corrected chi connectivity index (χ4v) is 5.34. The Morgan fingerprint density at radius 1 is 1.24 bits per heavy atom. The van der Waals surface area contributed by atoms with Gasteiger partial charge in [-0.3, -0.25) is 9.78 Å². The van der Waals surface area contributed by atoms with Crippen LogP contribution >= 0.6 is 33.9 Å². The highest BCUT2D eigenvalue weighted by atomic mass is 127. The summed E-state index contributed by atoms with van der Waals surface area (Å²) >= 11 is 3.46. The Bertz CT molecular complexity index is 1220. The van der Waals surface area contributed by atoms with Gasteiger partial charge in [-0.2, -0.15) is 0 Å².